The van der Waals surface area contributed by atoms with Gasteiger partial charge in [-0.1, -0.05) is 39.5 Å². The molecule has 0 radical (unpaired) electrons. The molecule has 0 spiro atoms. The van der Waals surface area contributed by atoms with E-state index in [0.717, 1.165) is 94.3 Å². The molecule has 2 aromatic heterocycles. The van der Waals surface area contributed by atoms with Crippen molar-refractivity contribution in [2.75, 3.05) is 23.7 Å². The van der Waals surface area contributed by atoms with Crippen LogP contribution in [-0.2, 0) is 4.79 Å². The number of anilines is 2. The lowest BCUT2D eigenvalue weighted by molar-refractivity contribution is -0.136. The van der Waals surface area contributed by atoms with Gasteiger partial charge >= 0.3 is 0 Å². The number of aromatic nitrogens is 4. The number of carbonyl (C=O) groups excluding carboxylic acids is 1. The summed E-state index contributed by atoms with van der Waals surface area (Å²) in [4.78, 5) is 29.9. The van der Waals surface area contributed by atoms with Gasteiger partial charge in [-0.3, -0.25) is 4.79 Å². The van der Waals surface area contributed by atoms with Crippen LogP contribution in [-0.4, -0.2) is 61.5 Å². The monoisotopic (exact) mass is 524 g/mol. The standard InChI is InChI=1S/C29H48N8O/c1-3-5-8-20(4-2)28(38)36-17-15-23(16-18-36)32-26-25-27(37(19-31-25)24-9-6-7-10-24)35-29(34-26)33-22-13-11-21(30)12-14-22/h19-24H,3-18,30H2,1-2H3,(H2,32,33,34,35)/t20?,21-,22-. The Hall–Kier alpha value is -2.42. The van der Waals surface area contributed by atoms with Crippen molar-refractivity contribution >= 4 is 28.8 Å². The van der Waals surface area contributed by atoms with Gasteiger partial charge in [-0.05, 0) is 64.2 Å². The summed E-state index contributed by atoms with van der Waals surface area (Å²) in [5, 5.41) is 7.35. The van der Waals surface area contributed by atoms with E-state index < -0.39 is 0 Å². The lowest BCUT2D eigenvalue weighted by Gasteiger charge is -2.34. The molecule has 0 bridgehead atoms. The molecule has 1 atom stereocenters. The van der Waals surface area contributed by atoms with Gasteiger partial charge in [0.2, 0.25) is 11.9 Å². The van der Waals surface area contributed by atoms with Gasteiger partial charge in [-0.25, -0.2) is 4.98 Å². The van der Waals surface area contributed by atoms with E-state index >= 15 is 0 Å². The lowest BCUT2D eigenvalue weighted by Crippen LogP contribution is -2.44. The number of fused-ring (bicyclic) bond motifs is 1. The number of likely N-dealkylation sites (tertiary alicyclic amines) is 1. The van der Waals surface area contributed by atoms with Crippen LogP contribution in [0.25, 0.3) is 11.2 Å². The molecule has 3 fully saturated rings. The number of unbranched alkanes of at least 4 members (excludes halogenated alkanes) is 1. The number of hydrogen-bond donors (Lipinski definition) is 3. The lowest BCUT2D eigenvalue weighted by atomic mass is 9.92. The summed E-state index contributed by atoms with van der Waals surface area (Å²) in [5.74, 6) is 2.02. The number of nitrogens with one attached hydrogen (secondary N) is 2. The van der Waals surface area contributed by atoms with Gasteiger partial charge < -0.3 is 25.8 Å². The molecule has 1 unspecified atom stereocenters. The van der Waals surface area contributed by atoms with Gasteiger partial charge in [0, 0.05) is 43.2 Å². The number of carbonyl (C=O) groups is 1. The normalized spacial score (nSPS) is 24.1. The second kappa shape index (κ2) is 12.6. The number of imidazole rings is 1. The Labute approximate surface area is 227 Å². The first kappa shape index (κ1) is 27.2. The molecule has 9 nitrogen and oxygen atoms in total. The molecule has 4 N–H and O–H groups in total. The topological polar surface area (TPSA) is 114 Å². The minimum atomic E-state index is 0.170. The average molecular weight is 525 g/mol. The van der Waals surface area contributed by atoms with Crippen LogP contribution in [0.1, 0.15) is 110 Å². The Kier molecular flexibility index (Phi) is 9.02. The molecular weight excluding hydrogens is 476 g/mol. The van der Waals surface area contributed by atoms with Crippen molar-refractivity contribution in [2.45, 2.75) is 128 Å². The van der Waals surface area contributed by atoms with E-state index in [2.05, 4.69) is 33.9 Å². The smallest absolute Gasteiger partial charge is 0.227 e. The maximum atomic E-state index is 13.1. The van der Waals surface area contributed by atoms with Crippen molar-refractivity contribution in [1.82, 2.24) is 24.4 Å². The molecule has 1 amide bonds. The maximum absolute atomic E-state index is 13.1. The van der Waals surface area contributed by atoms with Crippen LogP contribution in [0.2, 0.25) is 0 Å². The van der Waals surface area contributed by atoms with E-state index in [0.29, 0.717) is 30.0 Å². The molecule has 3 heterocycles. The van der Waals surface area contributed by atoms with Crippen molar-refractivity contribution in [2.24, 2.45) is 11.7 Å². The minimum absolute atomic E-state index is 0.170. The summed E-state index contributed by atoms with van der Waals surface area (Å²) in [6.07, 6.45) is 17.1. The fourth-order valence-corrected chi connectivity index (χ4v) is 6.63. The van der Waals surface area contributed by atoms with Crippen molar-refractivity contribution in [3.8, 4) is 0 Å². The van der Waals surface area contributed by atoms with Gasteiger partial charge in [0.25, 0.3) is 0 Å². The van der Waals surface area contributed by atoms with Gasteiger partial charge in [-0.2, -0.15) is 9.97 Å². The van der Waals surface area contributed by atoms with E-state index in [1.165, 1.54) is 25.7 Å². The van der Waals surface area contributed by atoms with Crippen LogP contribution in [0.15, 0.2) is 6.33 Å². The molecule has 2 aliphatic carbocycles. The van der Waals surface area contributed by atoms with E-state index in [1.807, 2.05) is 6.33 Å². The Balaban J connectivity index is 1.30. The van der Waals surface area contributed by atoms with Crippen LogP contribution in [0.5, 0.6) is 0 Å². The molecule has 2 aromatic rings. The zero-order chi connectivity index (χ0) is 26.5. The Morgan fingerprint density at radius 2 is 1.71 bits per heavy atom. The number of hydrogen-bond acceptors (Lipinski definition) is 7. The van der Waals surface area contributed by atoms with Gasteiger partial charge in [0.1, 0.15) is 0 Å². The van der Waals surface area contributed by atoms with Crippen molar-refractivity contribution in [3.05, 3.63) is 6.33 Å². The second-order valence-corrected chi connectivity index (χ2v) is 11.9. The maximum Gasteiger partial charge on any atom is 0.227 e. The third-order valence-electron chi connectivity index (χ3n) is 9.14. The third kappa shape index (κ3) is 6.24. The quantitative estimate of drug-likeness (QED) is 0.389. The first-order valence-corrected chi connectivity index (χ1v) is 15.4. The first-order chi connectivity index (χ1) is 18.6. The van der Waals surface area contributed by atoms with Crippen LogP contribution >= 0.6 is 0 Å². The van der Waals surface area contributed by atoms with Gasteiger partial charge in [0.05, 0.1) is 6.33 Å². The molecule has 210 valence electrons. The van der Waals surface area contributed by atoms with Crippen LogP contribution in [0, 0.1) is 5.92 Å². The average Bonchev–Trinajstić information content (AvgIpc) is 3.61. The molecule has 38 heavy (non-hydrogen) atoms. The zero-order valence-electron chi connectivity index (χ0n) is 23.5. The minimum Gasteiger partial charge on any atom is -0.365 e. The van der Waals surface area contributed by atoms with E-state index in [1.54, 1.807) is 0 Å². The Bertz CT molecular complexity index is 1050. The molecule has 2 saturated carbocycles. The number of nitrogens with two attached hydrogens (primary N) is 1. The summed E-state index contributed by atoms with van der Waals surface area (Å²) in [6, 6.07) is 1.41. The molecule has 9 heteroatoms. The molecule has 0 aromatic carbocycles. The van der Waals surface area contributed by atoms with Crippen molar-refractivity contribution in [3.63, 3.8) is 0 Å². The van der Waals surface area contributed by atoms with Gasteiger partial charge in [0.15, 0.2) is 17.0 Å². The number of rotatable bonds is 10. The predicted octanol–water partition coefficient (Wildman–Crippen LogP) is 5.24. The highest BCUT2D eigenvalue weighted by Gasteiger charge is 2.29. The zero-order valence-corrected chi connectivity index (χ0v) is 23.5. The number of amides is 1. The summed E-state index contributed by atoms with van der Waals surface area (Å²) in [7, 11) is 0. The van der Waals surface area contributed by atoms with Gasteiger partial charge in [-0.15, -0.1) is 0 Å². The van der Waals surface area contributed by atoms with Crippen molar-refractivity contribution in [1.29, 1.82) is 0 Å². The molecule has 3 aliphatic rings. The first-order valence-electron chi connectivity index (χ1n) is 15.4. The molecular formula is C29H48N8O. The third-order valence-corrected chi connectivity index (χ3v) is 9.14. The summed E-state index contributed by atoms with van der Waals surface area (Å²) in [5.41, 5.74) is 7.93. The summed E-state index contributed by atoms with van der Waals surface area (Å²) >= 11 is 0. The predicted molar refractivity (Wildman–Crippen MR) is 153 cm³/mol. The highest BCUT2D eigenvalue weighted by molar-refractivity contribution is 5.84. The van der Waals surface area contributed by atoms with E-state index in [9.17, 15) is 4.79 Å². The Morgan fingerprint density at radius 3 is 2.39 bits per heavy atom. The largest absolute Gasteiger partial charge is 0.365 e. The van der Waals surface area contributed by atoms with E-state index in [4.69, 9.17) is 20.7 Å². The van der Waals surface area contributed by atoms with Crippen LogP contribution in [0.3, 0.4) is 0 Å². The number of nitrogens with zero attached hydrogens (tertiary/aromatic N) is 5. The SMILES string of the molecule is CCCCC(CC)C(=O)N1CCC(Nc2nc(N[C@H]3CC[C@H](N)CC3)nc3c2ncn3C2CCCC2)CC1. The van der Waals surface area contributed by atoms with Crippen LogP contribution < -0.4 is 16.4 Å². The molecule has 1 aliphatic heterocycles. The van der Waals surface area contributed by atoms with Crippen molar-refractivity contribution < 1.29 is 4.79 Å². The second-order valence-electron chi connectivity index (χ2n) is 11.9. The Morgan fingerprint density at radius 1 is 1.00 bits per heavy atom. The molecule has 1 saturated heterocycles. The highest BCUT2D eigenvalue weighted by Crippen LogP contribution is 2.34. The fraction of sp³-hybridized carbons (Fsp3) is 0.793. The van der Waals surface area contributed by atoms with E-state index in [-0.39, 0.29) is 12.0 Å². The summed E-state index contributed by atoms with van der Waals surface area (Å²) < 4.78 is 2.28. The highest BCUT2D eigenvalue weighted by atomic mass is 16.2. The van der Waals surface area contributed by atoms with Crippen LogP contribution in [0.4, 0.5) is 11.8 Å². The fourth-order valence-electron chi connectivity index (χ4n) is 6.63. The number of piperidine rings is 1. The molecule has 5 rings (SSSR count). The summed E-state index contributed by atoms with van der Waals surface area (Å²) in [6.45, 7) is 5.94.